The van der Waals surface area contributed by atoms with E-state index in [1.54, 1.807) is 0 Å². The summed E-state index contributed by atoms with van der Waals surface area (Å²) in [4.78, 5) is 37.9. The number of benzene rings is 1. The Morgan fingerprint density at radius 3 is 2.19 bits per heavy atom. The maximum absolute atomic E-state index is 12.1. The van der Waals surface area contributed by atoms with E-state index >= 15 is 0 Å². The Bertz CT molecular complexity index is 540. The minimum absolute atomic E-state index is 0.148. The molecule has 5 heteroatoms. The van der Waals surface area contributed by atoms with Crippen LogP contribution >= 0.6 is 0 Å². The molecule has 0 atom stereocenters. The predicted octanol–water partition coefficient (Wildman–Crippen LogP) is 2.07. The molecule has 0 unspecified atom stereocenters. The molecule has 21 heavy (non-hydrogen) atoms. The minimum Gasteiger partial charge on any atom is -0.263 e. The van der Waals surface area contributed by atoms with Crippen LogP contribution in [0.1, 0.15) is 25.8 Å². The Morgan fingerprint density at radius 1 is 0.952 bits per heavy atom. The van der Waals surface area contributed by atoms with Crippen LogP contribution in [0.5, 0.6) is 0 Å². The molecule has 1 saturated heterocycles. The number of hydrogen-bond acceptors (Lipinski definition) is 3. The van der Waals surface area contributed by atoms with E-state index in [1.807, 2.05) is 44.2 Å². The van der Waals surface area contributed by atoms with Crippen molar-refractivity contribution in [3.63, 3.8) is 0 Å². The number of carbonyl (C=O) groups excluding carboxylic acids is 3. The highest BCUT2D eigenvalue weighted by Crippen LogP contribution is 2.15. The Kier molecular flexibility index (Phi) is 4.73. The molecule has 1 aliphatic heterocycles. The SMILES string of the molecule is CC(C)CN1C(=O)C(=O)N(CCCc2ccccc2)C1=O. The van der Waals surface area contributed by atoms with Crippen molar-refractivity contribution in [1.82, 2.24) is 9.80 Å². The smallest absolute Gasteiger partial charge is 0.263 e. The molecule has 5 nitrogen and oxygen atoms in total. The first-order valence-corrected chi connectivity index (χ1v) is 7.22. The lowest BCUT2D eigenvalue weighted by Crippen LogP contribution is -2.36. The number of aryl methyl sites for hydroxylation is 1. The lowest BCUT2D eigenvalue weighted by atomic mass is 10.1. The average Bonchev–Trinajstić information content (AvgIpc) is 2.65. The third-order valence-electron chi connectivity index (χ3n) is 3.37. The van der Waals surface area contributed by atoms with Crippen LogP contribution in [-0.4, -0.2) is 40.7 Å². The predicted molar refractivity (Wildman–Crippen MR) is 78.4 cm³/mol. The second-order valence-electron chi connectivity index (χ2n) is 5.64. The third kappa shape index (κ3) is 3.48. The van der Waals surface area contributed by atoms with E-state index < -0.39 is 17.8 Å². The zero-order valence-electron chi connectivity index (χ0n) is 12.4. The van der Waals surface area contributed by atoms with E-state index in [2.05, 4.69) is 0 Å². The molecule has 1 aromatic rings. The summed E-state index contributed by atoms with van der Waals surface area (Å²) in [5.41, 5.74) is 1.15. The Balaban J connectivity index is 1.92. The molecule has 2 rings (SSSR count). The second-order valence-corrected chi connectivity index (χ2v) is 5.64. The van der Waals surface area contributed by atoms with E-state index in [9.17, 15) is 14.4 Å². The molecule has 1 heterocycles. The molecular weight excluding hydrogens is 268 g/mol. The summed E-state index contributed by atoms with van der Waals surface area (Å²) in [6.07, 6.45) is 1.43. The van der Waals surface area contributed by atoms with Gasteiger partial charge in [0.15, 0.2) is 0 Å². The number of amides is 4. The summed E-state index contributed by atoms with van der Waals surface area (Å²) in [5.74, 6) is -1.25. The fraction of sp³-hybridized carbons (Fsp3) is 0.438. The van der Waals surface area contributed by atoms with Gasteiger partial charge in [-0.3, -0.25) is 19.4 Å². The van der Waals surface area contributed by atoms with Crippen molar-refractivity contribution in [3.05, 3.63) is 35.9 Å². The number of hydrogen-bond donors (Lipinski definition) is 0. The Labute approximate surface area is 124 Å². The van der Waals surface area contributed by atoms with E-state index in [-0.39, 0.29) is 12.5 Å². The average molecular weight is 288 g/mol. The van der Waals surface area contributed by atoms with Crippen LogP contribution in [-0.2, 0) is 16.0 Å². The van der Waals surface area contributed by atoms with Crippen LogP contribution in [0.3, 0.4) is 0 Å². The van der Waals surface area contributed by atoms with Gasteiger partial charge in [0.2, 0.25) is 0 Å². The van der Waals surface area contributed by atoms with Crippen LogP contribution < -0.4 is 0 Å². The highest BCUT2D eigenvalue weighted by atomic mass is 16.2. The van der Waals surface area contributed by atoms with Crippen LogP contribution in [0, 0.1) is 5.92 Å². The van der Waals surface area contributed by atoms with Gasteiger partial charge in [0.05, 0.1) is 0 Å². The quantitative estimate of drug-likeness (QED) is 0.595. The van der Waals surface area contributed by atoms with E-state index in [0.717, 1.165) is 21.8 Å². The monoisotopic (exact) mass is 288 g/mol. The molecule has 0 spiro atoms. The maximum Gasteiger partial charge on any atom is 0.334 e. The summed E-state index contributed by atoms with van der Waals surface area (Å²) in [5, 5.41) is 0. The summed E-state index contributed by atoms with van der Waals surface area (Å²) in [6, 6.07) is 9.38. The lowest BCUT2D eigenvalue weighted by Gasteiger charge is -2.16. The largest absolute Gasteiger partial charge is 0.334 e. The first-order chi connectivity index (χ1) is 10.0. The van der Waals surface area contributed by atoms with Gasteiger partial charge in [-0.2, -0.15) is 0 Å². The molecule has 1 aliphatic rings. The van der Waals surface area contributed by atoms with Gasteiger partial charge in [0.1, 0.15) is 0 Å². The molecule has 0 radical (unpaired) electrons. The van der Waals surface area contributed by atoms with Crippen molar-refractivity contribution in [2.24, 2.45) is 5.92 Å². The summed E-state index contributed by atoms with van der Waals surface area (Å²) in [6.45, 7) is 4.39. The molecule has 0 saturated carbocycles. The zero-order chi connectivity index (χ0) is 15.4. The summed E-state index contributed by atoms with van der Waals surface area (Å²) < 4.78 is 0. The highest BCUT2D eigenvalue weighted by Gasteiger charge is 2.43. The number of nitrogens with zero attached hydrogens (tertiary/aromatic N) is 2. The molecule has 0 aliphatic carbocycles. The van der Waals surface area contributed by atoms with Crippen LogP contribution in [0.15, 0.2) is 30.3 Å². The molecule has 0 bridgehead atoms. The van der Waals surface area contributed by atoms with Gasteiger partial charge >= 0.3 is 17.8 Å². The number of rotatable bonds is 6. The third-order valence-corrected chi connectivity index (χ3v) is 3.37. The summed E-state index contributed by atoms with van der Waals surface area (Å²) >= 11 is 0. The molecule has 1 fully saturated rings. The molecule has 4 amide bonds. The fourth-order valence-corrected chi connectivity index (χ4v) is 2.36. The second kappa shape index (κ2) is 6.52. The summed E-state index contributed by atoms with van der Waals surface area (Å²) in [7, 11) is 0. The van der Waals surface area contributed by atoms with Crippen molar-refractivity contribution in [3.8, 4) is 0 Å². The maximum atomic E-state index is 12.1. The molecule has 0 N–H and O–H groups in total. The minimum atomic E-state index is -0.701. The lowest BCUT2D eigenvalue weighted by molar-refractivity contribution is -0.143. The van der Waals surface area contributed by atoms with Gasteiger partial charge in [-0.05, 0) is 24.3 Å². The first-order valence-electron chi connectivity index (χ1n) is 7.22. The standard InChI is InChI=1S/C16H20N2O3/c1-12(2)11-18-15(20)14(19)17(16(18)21)10-6-9-13-7-4-3-5-8-13/h3-5,7-8,12H,6,9-11H2,1-2H3. The number of urea groups is 1. The van der Waals surface area contributed by atoms with Crippen LogP contribution in [0.4, 0.5) is 4.79 Å². The zero-order valence-corrected chi connectivity index (χ0v) is 12.4. The Hall–Kier alpha value is -2.17. The van der Waals surface area contributed by atoms with Gasteiger partial charge < -0.3 is 0 Å². The van der Waals surface area contributed by atoms with Crippen LogP contribution in [0.25, 0.3) is 0 Å². The van der Waals surface area contributed by atoms with E-state index in [0.29, 0.717) is 13.0 Å². The van der Waals surface area contributed by atoms with Crippen molar-refractivity contribution in [2.45, 2.75) is 26.7 Å². The van der Waals surface area contributed by atoms with Crippen molar-refractivity contribution in [2.75, 3.05) is 13.1 Å². The van der Waals surface area contributed by atoms with Crippen LogP contribution in [0.2, 0.25) is 0 Å². The van der Waals surface area contributed by atoms with Crippen molar-refractivity contribution in [1.29, 1.82) is 0 Å². The van der Waals surface area contributed by atoms with E-state index in [1.165, 1.54) is 0 Å². The van der Waals surface area contributed by atoms with Gasteiger partial charge in [0.25, 0.3) is 0 Å². The van der Waals surface area contributed by atoms with Gasteiger partial charge in [-0.1, -0.05) is 44.2 Å². The number of imide groups is 2. The molecule has 0 aromatic heterocycles. The van der Waals surface area contributed by atoms with E-state index in [4.69, 9.17) is 0 Å². The number of carbonyl (C=O) groups is 3. The molecule has 1 aromatic carbocycles. The fourth-order valence-electron chi connectivity index (χ4n) is 2.36. The Morgan fingerprint density at radius 2 is 1.57 bits per heavy atom. The van der Waals surface area contributed by atoms with Crippen molar-refractivity contribution >= 4 is 17.8 Å². The molecular formula is C16H20N2O3. The topological polar surface area (TPSA) is 57.7 Å². The first kappa shape index (κ1) is 15.2. The van der Waals surface area contributed by atoms with Gasteiger partial charge in [-0.15, -0.1) is 0 Å². The van der Waals surface area contributed by atoms with Gasteiger partial charge in [-0.25, -0.2) is 4.79 Å². The van der Waals surface area contributed by atoms with Gasteiger partial charge in [0, 0.05) is 13.1 Å². The highest BCUT2D eigenvalue weighted by molar-refractivity contribution is 6.44. The van der Waals surface area contributed by atoms with Crippen molar-refractivity contribution < 1.29 is 14.4 Å². The molecule has 112 valence electrons. The normalized spacial score (nSPS) is 15.5.